The number of rotatable bonds is 3. The van der Waals surface area contributed by atoms with Crippen molar-refractivity contribution in [3.8, 4) is 0 Å². The van der Waals surface area contributed by atoms with Crippen LogP contribution in [0.2, 0.25) is 0 Å². The van der Waals surface area contributed by atoms with Crippen LogP contribution >= 0.6 is 31.9 Å². The van der Waals surface area contributed by atoms with Crippen molar-refractivity contribution in [3.63, 3.8) is 0 Å². The number of nitrogens with two attached hydrogens (primary N) is 1. The Morgan fingerprint density at radius 1 is 1.42 bits per heavy atom. The Morgan fingerprint density at radius 2 is 2.21 bits per heavy atom. The van der Waals surface area contributed by atoms with E-state index in [9.17, 15) is 0 Å². The molecule has 1 aromatic carbocycles. The van der Waals surface area contributed by atoms with Gasteiger partial charge in [0.15, 0.2) is 0 Å². The highest BCUT2D eigenvalue weighted by Gasteiger charge is 2.23. The Morgan fingerprint density at radius 3 is 2.89 bits per heavy atom. The smallest absolute Gasteiger partial charge is 0.0674 e. The van der Waals surface area contributed by atoms with Gasteiger partial charge in [0.05, 0.1) is 6.10 Å². The number of ether oxygens (including phenoxy) is 1. The maximum Gasteiger partial charge on any atom is 0.0674 e. The van der Waals surface area contributed by atoms with E-state index in [1.165, 1.54) is 5.56 Å². The van der Waals surface area contributed by atoms with Crippen molar-refractivity contribution < 1.29 is 4.74 Å². The lowest BCUT2D eigenvalue weighted by atomic mass is 10.0. The van der Waals surface area contributed by atoms with E-state index < -0.39 is 0 Å². The van der Waals surface area contributed by atoms with Gasteiger partial charge < -0.3 is 10.5 Å². The Labute approximate surface area is 131 Å². The first-order valence-electron chi connectivity index (χ1n) is 6.62. The van der Waals surface area contributed by atoms with Crippen LogP contribution in [0.25, 0.3) is 0 Å². The average Bonchev–Trinajstić information content (AvgIpc) is 2.59. The third kappa shape index (κ3) is 4.02. The second-order valence-corrected chi connectivity index (χ2v) is 6.66. The molecule has 0 saturated carbocycles. The van der Waals surface area contributed by atoms with Crippen LogP contribution in [-0.2, 0) is 4.74 Å². The molecule has 2 atom stereocenters. The molecule has 1 aliphatic rings. The fourth-order valence-corrected chi connectivity index (χ4v) is 3.17. The Bertz CT molecular complexity index is 428. The molecule has 0 aromatic heterocycles. The molecule has 0 aliphatic carbocycles. The molecule has 2 unspecified atom stereocenters. The lowest BCUT2D eigenvalue weighted by Crippen LogP contribution is -2.37. The summed E-state index contributed by atoms with van der Waals surface area (Å²) in [4.78, 5) is 2.44. The molecule has 5 heteroatoms. The predicted octanol–water partition coefficient (Wildman–Crippen LogP) is 3.32. The van der Waals surface area contributed by atoms with Gasteiger partial charge in [-0.15, -0.1) is 0 Å². The minimum Gasteiger partial charge on any atom is -0.377 e. The molecule has 1 aromatic rings. The van der Waals surface area contributed by atoms with Crippen LogP contribution < -0.4 is 5.73 Å². The standard InChI is InChI=1S/C14H20Br2N2O/c1-10-9-18(5-2-6-19-10)14(8-17)11-3-4-12(15)13(16)7-11/h3-4,7,10,14H,2,5-6,8-9,17H2,1H3. The molecule has 1 saturated heterocycles. The molecule has 2 rings (SSSR count). The summed E-state index contributed by atoms with van der Waals surface area (Å²) in [7, 11) is 0. The Balaban J connectivity index is 2.20. The monoisotopic (exact) mass is 390 g/mol. The first-order valence-corrected chi connectivity index (χ1v) is 8.21. The van der Waals surface area contributed by atoms with E-state index in [0.29, 0.717) is 6.54 Å². The molecule has 0 amide bonds. The maximum absolute atomic E-state index is 6.01. The quantitative estimate of drug-likeness (QED) is 0.858. The summed E-state index contributed by atoms with van der Waals surface area (Å²) in [6.07, 6.45) is 1.34. The van der Waals surface area contributed by atoms with E-state index in [1.807, 2.05) is 0 Å². The van der Waals surface area contributed by atoms with Crippen LogP contribution in [0.3, 0.4) is 0 Å². The van der Waals surface area contributed by atoms with Gasteiger partial charge in [0, 0.05) is 41.2 Å². The molecular formula is C14H20Br2N2O. The van der Waals surface area contributed by atoms with Gasteiger partial charge in [-0.25, -0.2) is 0 Å². The molecular weight excluding hydrogens is 372 g/mol. The third-order valence-corrected chi connectivity index (χ3v) is 5.36. The molecule has 0 radical (unpaired) electrons. The molecule has 1 fully saturated rings. The van der Waals surface area contributed by atoms with E-state index in [4.69, 9.17) is 10.5 Å². The lowest BCUT2D eigenvalue weighted by Gasteiger charge is -2.31. The summed E-state index contributed by atoms with van der Waals surface area (Å²) in [6.45, 7) is 5.58. The molecule has 2 N–H and O–H groups in total. The van der Waals surface area contributed by atoms with Crippen molar-refractivity contribution in [2.24, 2.45) is 5.73 Å². The van der Waals surface area contributed by atoms with Crippen LogP contribution in [0.1, 0.15) is 24.9 Å². The molecule has 106 valence electrons. The van der Waals surface area contributed by atoms with Gasteiger partial charge in [0.1, 0.15) is 0 Å². The fourth-order valence-electron chi connectivity index (χ4n) is 2.53. The van der Waals surface area contributed by atoms with E-state index in [0.717, 1.165) is 35.1 Å². The fraction of sp³-hybridized carbons (Fsp3) is 0.571. The highest BCUT2D eigenvalue weighted by molar-refractivity contribution is 9.13. The number of nitrogens with zero attached hydrogens (tertiary/aromatic N) is 1. The van der Waals surface area contributed by atoms with Crippen LogP contribution in [-0.4, -0.2) is 37.2 Å². The lowest BCUT2D eigenvalue weighted by molar-refractivity contribution is 0.0612. The Kier molecular flexibility index (Phi) is 5.84. The number of benzene rings is 1. The van der Waals surface area contributed by atoms with Crippen LogP contribution in [0.15, 0.2) is 27.1 Å². The zero-order valence-corrected chi connectivity index (χ0v) is 14.3. The highest BCUT2D eigenvalue weighted by atomic mass is 79.9. The summed E-state index contributed by atoms with van der Waals surface area (Å²) < 4.78 is 7.85. The van der Waals surface area contributed by atoms with E-state index in [-0.39, 0.29) is 12.1 Å². The maximum atomic E-state index is 6.01. The van der Waals surface area contributed by atoms with Crippen molar-refractivity contribution in [3.05, 3.63) is 32.7 Å². The minimum atomic E-state index is 0.258. The molecule has 0 bridgehead atoms. The normalized spacial score (nSPS) is 23.1. The summed E-state index contributed by atoms with van der Waals surface area (Å²) in [5.74, 6) is 0. The minimum absolute atomic E-state index is 0.258. The van der Waals surface area contributed by atoms with Gasteiger partial charge in [-0.05, 0) is 62.9 Å². The van der Waals surface area contributed by atoms with Gasteiger partial charge >= 0.3 is 0 Å². The summed E-state index contributed by atoms with van der Waals surface area (Å²) in [5.41, 5.74) is 7.27. The van der Waals surface area contributed by atoms with Gasteiger partial charge in [-0.1, -0.05) is 6.07 Å². The first-order chi connectivity index (χ1) is 9.11. The number of halogens is 2. The Hall–Kier alpha value is 0.0600. The number of hydrogen-bond donors (Lipinski definition) is 1. The SMILES string of the molecule is CC1CN(C(CN)c2ccc(Br)c(Br)c2)CCCO1. The average molecular weight is 392 g/mol. The second-order valence-electron chi connectivity index (χ2n) is 4.95. The molecule has 3 nitrogen and oxygen atoms in total. The van der Waals surface area contributed by atoms with Gasteiger partial charge in [0.2, 0.25) is 0 Å². The highest BCUT2D eigenvalue weighted by Crippen LogP contribution is 2.29. The van der Waals surface area contributed by atoms with Gasteiger partial charge in [-0.2, -0.15) is 0 Å². The van der Waals surface area contributed by atoms with Gasteiger partial charge in [-0.3, -0.25) is 4.90 Å². The molecule has 1 heterocycles. The largest absolute Gasteiger partial charge is 0.377 e. The van der Waals surface area contributed by atoms with Crippen molar-refractivity contribution in [2.45, 2.75) is 25.5 Å². The van der Waals surface area contributed by atoms with E-state index >= 15 is 0 Å². The van der Waals surface area contributed by atoms with E-state index in [2.05, 4.69) is 61.9 Å². The van der Waals surface area contributed by atoms with E-state index in [1.54, 1.807) is 0 Å². The third-order valence-electron chi connectivity index (χ3n) is 3.48. The van der Waals surface area contributed by atoms with Crippen molar-refractivity contribution in [1.82, 2.24) is 4.90 Å². The predicted molar refractivity (Wildman–Crippen MR) is 85.2 cm³/mol. The zero-order chi connectivity index (χ0) is 13.8. The molecule has 1 aliphatic heterocycles. The zero-order valence-electron chi connectivity index (χ0n) is 11.1. The number of hydrogen-bond acceptors (Lipinski definition) is 3. The van der Waals surface area contributed by atoms with Crippen LogP contribution in [0.4, 0.5) is 0 Å². The molecule has 0 spiro atoms. The summed E-state index contributed by atoms with van der Waals surface area (Å²) in [5, 5.41) is 0. The van der Waals surface area contributed by atoms with Crippen LogP contribution in [0, 0.1) is 0 Å². The second kappa shape index (κ2) is 7.18. The molecule has 19 heavy (non-hydrogen) atoms. The van der Waals surface area contributed by atoms with Gasteiger partial charge in [0.25, 0.3) is 0 Å². The van der Waals surface area contributed by atoms with Crippen molar-refractivity contribution in [1.29, 1.82) is 0 Å². The summed E-state index contributed by atoms with van der Waals surface area (Å²) >= 11 is 7.07. The topological polar surface area (TPSA) is 38.5 Å². The van der Waals surface area contributed by atoms with Crippen molar-refractivity contribution in [2.75, 3.05) is 26.2 Å². The first kappa shape index (κ1) is 15.4. The van der Waals surface area contributed by atoms with Crippen LogP contribution in [0.5, 0.6) is 0 Å². The van der Waals surface area contributed by atoms with Crippen molar-refractivity contribution >= 4 is 31.9 Å². The summed E-state index contributed by atoms with van der Waals surface area (Å²) in [6, 6.07) is 6.62.